The fraction of sp³-hybridized carbons (Fsp3) is 1.00. The summed E-state index contributed by atoms with van der Waals surface area (Å²) < 4.78 is 22.1. The third kappa shape index (κ3) is 3.89. The smallest absolute Gasteiger partial charge is 0.174 e. The lowest BCUT2D eigenvalue weighted by Crippen LogP contribution is -2.48. The molecule has 0 saturated carbocycles. The highest BCUT2D eigenvalue weighted by Gasteiger charge is 2.28. The third-order valence-corrected chi connectivity index (χ3v) is 2.96. The Morgan fingerprint density at radius 3 is 1.47 bits per heavy atom. The van der Waals surface area contributed by atoms with Gasteiger partial charge in [-0.3, -0.25) is 0 Å². The van der Waals surface area contributed by atoms with E-state index >= 15 is 0 Å². The van der Waals surface area contributed by atoms with Crippen molar-refractivity contribution in [2.75, 3.05) is 26.4 Å². The molecule has 0 spiro atoms. The van der Waals surface area contributed by atoms with E-state index in [-0.39, 0.29) is 24.7 Å². The number of nitrogens with zero attached hydrogens (tertiary/aromatic N) is 1. The monoisotopic (exact) mass is 244 g/mol. The summed E-state index contributed by atoms with van der Waals surface area (Å²) in [5, 5.41) is 4.62. The minimum atomic E-state index is -0.213. The molecule has 2 fully saturated rings. The van der Waals surface area contributed by atoms with E-state index in [0.717, 1.165) is 39.3 Å². The van der Waals surface area contributed by atoms with Gasteiger partial charge in [-0.05, 0) is 26.7 Å². The predicted molar refractivity (Wildman–Crippen MR) is 61.7 cm³/mol. The van der Waals surface area contributed by atoms with Crippen LogP contribution in [0, 0.1) is 0 Å². The number of rotatable bonds is 4. The Morgan fingerprint density at radius 1 is 0.765 bits per heavy atom. The molecule has 0 aromatic heterocycles. The van der Waals surface area contributed by atoms with Crippen molar-refractivity contribution in [3.63, 3.8) is 0 Å². The maximum Gasteiger partial charge on any atom is 0.174 e. The zero-order valence-electron chi connectivity index (χ0n) is 10.6. The van der Waals surface area contributed by atoms with Crippen molar-refractivity contribution in [2.24, 2.45) is 0 Å². The van der Waals surface area contributed by atoms with Gasteiger partial charge in [0.25, 0.3) is 0 Å². The van der Waals surface area contributed by atoms with Crippen LogP contribution in [-0.4, -0.2) is 51.1 Å². The van der Waals surface area contributed by atoms with Crippen LogP contribution in [0.3, 0.4) is 0 Å². The average Bonchev–Trinajstić information content (AvgIpc) is 2.40. The van der Waals surface area contributed by atoms with E-state index in [4.69, 9.17) is 18.9 Å². The second-order valence-corrected chi connectivity index (χ2v) is 4.56. The summed E-state index contributed by atoms with van der Waals surface area (Å²) in [4.78, 5) is 0. The molecule has 5 nitrogen and oxygen atoms in total. The van der Waals surface area contributed by atoms with Crippen molar-refractivity contribution in [1.82, 2.24) is 5.32 Å². The first-order valence-electron chi connectivity index (χ1n) is 6.44. The Hall–Kier alpha value is -0.200. The molecule has 2 heterocycles. The van der Waals surface area contributed by atoms with Crippen LogP contribution in [0.15, 0.2) is 0 Å². The fourth-order valence-electron chi connectivity index (χ4n) is 2.08. The highest BCUT2D eigenvalue weighted by Crippen LogP contribution is 2.14. The lowest BCUT2D eigenvalue weighted by molar-refractivity contribution is -0.210. The molecule has 0 amide bonds. The summed E-state index contributed by atoms with van der Waals surface area (Å²) in [6.07, 6.45) is 1.51. The third-order valence-electron chi connectivity index (χ3n) is 2.96. The number of hydrogen-bond acceptors (Lipinski definition) is 4. The molecular weight excluding hydrogens is 222 g/mol. The van der Waals surface area contributed by atoms with E-state index in [2.05, 4.69) is 5.32 Å². The van der Waals surface area contributed by atoms with Crippen LogP contribution in [-0.2, 0) is 18.9 Å². The Kier molecular flexibility index (Phi) is 5.18. The average molecular weight is 244 g/mol. The van der Waals surface area contributed by atoms with E-state index in [9.17, 15) is 0 Å². The van der Waals surface area contributed by atoms with Gasteiger partial charge in [0.2, 0.25) is 0 Å². The SMILES string of the molecule is CC([N]C(C)C1OCCCO1)C1OCCCO1. The second kappa shape index (κ2) is 6.66. The highest BCUT2D eigenvalue weighted by molar-refractivity contribution is 4.74. The first-order valence-corrected chi connectivity index (χ1v) is 6.44. The van der Waals surface area contributed by atoms with Crippen LogP contribution in [0.4, 0.5) is 0 Å². The summed E-state index contributed by atoms with van der Waals surface area (Å²) in [5.74, 6) is 0. The Bertz CT molecular complexity index is 193. The summed E-state index contributed by atoms with van der Waals surface area (Å²) in [7, 11) is 0. The van der Waals surface area contributed by atoms with Crippen LogP contribution in [0.1, 0.15) is 26.7 Å². The lowest BCUT2D eigenvalue weighted by atomic mass is 10.2. The standard InChI is InChI=1S/C12H22NO4/c1-9(11-14-5-3-6-15-11)13-10(2)12-16-7-4-8-17-12/h9-12H,3-8H2,1-2H3. The van der Waals surface area contributed by atoms with Gasteiger partial charge in [-0.1, -0.05) is 0 Å². The van der Waals surface area contributed by atoms with Crippen molar-refractivity contribution in [1.29, 1.82) is 0 Å². The van der Waals surface area contributed by atoms with Crippen LogP contribution >= 0.6 is 0 Å². The molecule has 2 atom stereocenters. The van der Waals surface area contributed by atoms with Crippen LogP contribution in [0.5, 0.6) is 0 Å². The maximum atomic E-state index is 5.53. The molecule has 17 heavy (non-hydrogen) atoms. The van der Waals surface area contributed by atoms with Gasteiger partial charge >= 0.3 is 0 Å². The van der Waals surface area contributed by atoms with E-state index in [0.29, 0.717) is 0 Å². The molecule has 2 saturated heterocycles. The van der Waals surface area contributed by atoms with Gasteiger partial charge in [0.05, 0.1) is 38.5 Å². The highest BCUT2D eigenvalue weighted by atomic mass is 16.7. The summed E-state index contributed by atoms with van der Waals surface area (Å²) in [6, 6.07) is 0.0267. The Labute approximate surface area is 103 Å². The summed E-state index contributed by atoms with van der Waals surface area (Å²) in [6.45, 7) is 7.06. The minimum Gasteiger partial charge on any atom is -0.351 e. The fourth-order valence-corrected chi connectivity index (χ4v) is 2.08. The molecule has 2 aliphatic rings. The molecule has 0 bridgehead atoms. The zero-order chi connectivity index (χ0) is 12.1. The second-order valence-electron chi connectivity index (χ2n) is 4.56. The molecule has 1 radical (unpaired) electrons. The molecular formula is C12H22NO4. The zero-order valence-corrected chi connectivity index (χ0v) is 10.6. The normalized spacial score (nSPS) is 27.9. The quantitative estimate of drug-likeness (QED) is 0.737. The molecule has 5 heteroatoms. The predicted octanol–water partition coefficient (Wildman–Crippen LogP) is 0.894. The molecule has 0 N–H and O–H groups in total. The number of ether oxygens (including phenoxy) is 4. The minimum absolute atomic E-state index is 0.0134. The van der Waals surface area contributed by atoms with Gasteiger partial charge in [0.1, 0.15) is 0 Å². The van der Waals surface area contributed by atoms with Gasteiger partial charge in [-0.2, -0.15) is 0 Å². The molecule has 0 aromatic carbocycles. The van der Waals surface area contributed by atoms with E-state index in [1.807, 2.05) is 13.8 Å². The van der Waals surface area contributed by atoms with E-state index in [1.54, 1.807) is 0 Å². The van der Waals surface area contributed by atoms with Crippen LogP contribution in [0.2, 0.25) is 0 Å². The molecule has 0 aliphatic carbocycles. The van der Waals surface area contributed by atoms with Crippen molar-refractivity contribution >= 4 is 0 Å². The molecule has 0 aromatic rings. The molecule has 2 rings (SSSR count). The Morgan fingerprint density at radius 2 is 1.12 bits per heavy atom. The van der Waals surface area contributed by atoms with Crippen molar-refractivity contribution < 1.29 is 18.9 Å². The largest absolute Gasteiger partial charge is 0.351 e. The number of hydrogen-bond donors (Lipinski definition) is 0. The first-order chi connectivity index (χ1) is 8.27. The maximum absolute atomic E-state index is 5.53. The topological polar surface area (TPSA) is 51.0 Å². The van der Waals surface area contributed by atoms with Crippen LogP contribution < -0.4 is 5.32 Å². The van der Waals surface area contributed by atoms with Crippen LogP contribution in [0.25, 0.3) is 0 Å². The van der Waals surface area contributed by atoms with Crippen molar-refractivity contribution in [3.05, 3.63) is 0 Å². The van der Waals surface area contributed by atoms with E-state index < -0.39 is 0 Å². The summed E-state index contributed by atoms with van der Waals surface area (Å²) in [5.41, 5.74) is 0. The van der Waals surface area contributed by atoms with Gasteiger partial charge < -0.3 is 18.9 Å². The first kappa shape index (κ1) is 13.2. The van der Waals surface area contributed by atoms with Gasteiger partial charge in [0, 0.05) is 0 Å². The van der Waals surface area contributed by atoms with Gasteiger partial charge in [-0.25, -0.2) is 5.32 Å². The summed E-state index contributed by atoms with van der Waals surface area (Å²) >= 11 is 0. The van der Waals surface area contributed by atoms with Gasteiger partial charge in [0.15, 0.2) is 12.6 Å². The molecule has 2 unspecified atom stereocenters. The van der Waals surface area contributed by atoms with Crippen molar-refractivity contribution in [3.8, 4) is 0 Å². The lowest BCUT2D eigenvalue weighted by Gasteiger charge is -2.33. The van der Waals surface area contributed by atoms with Crippen molar-refractivity contribution in [2.45, 2.75) is 51.4 Å². The Balaban J connectivity index is 1.74. The van der Waals surface area contributed by atoms with Gasteiger partial charge in [-0.15, -0.1) is 0 Å². The van der Waals surface area contributed by atoms with E-state index in [1.165, 1.54) is 0 Å². The molecule has 99 valence electrons. The molecule has 2 aliphatic heterocycles.